The number of para-hydroxylation sites is 2. The molecule has 1 spiro atoms. The van der Waals surface area contributed by atoms with Gasteiger partial charge < -0.3 is 4.90 Å². The fraction of sp³-hybridized carbons (Fsp3) is 0.152. The van der Waals surface area contributed by atoms with E-state index >= 15 is 0 Å². The molecular weight excluding hydrogens is 410 g/mol. The predicted octanol–water partition coefficient (Wildman–Crippen LogP) is 8.62. The van der Waals surface area contributed by atoms with E-state index in [-0.39, 0.29) is 10.8 Å². The molecule has 0 bridgehead atoms. The third-order valence-corrected chi connectivity index (χ3v) is 7.11. The lowest BCUT2D eigenvalue weighted by Crippen LogP contribution is -2.37. The summed E-state index contributed by atoms with van der Waals surface area (Å²) >= 11 is 0. The van der Waals surface area contributed by atoms with Crippen molar-refractivity contribution in [1.82, 2.24) is 0 Å². The first-order valence-electron chi connectivity index (χ1n) is 12.0. The Kier molecular flexibility index (Phi) is 4.47. The molecule has 0 atom stereocenters. The fourth-order valence-electron chi connectivity index (χ4n) is 5.79. The molecule has 1 aliphatic carbocycles. The first-order valence-corrected chi connectivity index (χ1v) is 12.0. The van der Waals surface area contributed by atoms with Crippen molar-refractivity contribution in [2.45, 2.75) is 26.2 Å². The van der Waals surface area contributed by atoms with Crippen LogP contribution in [0.1, 0.15) is 43.0 Å². The zero-order valence-electron chi connectivity index (χ0n) is 20.0. The van der Waals surface area contributed by atoms with E-state index in [1.54, 1.807) is 0 Å². The van der Waals surface area contributed by atoms with Gasteiger partial charge in [0.05, 0.1) is 16.8 Å². The van der Waals surface area contributed by atoms with Gasteiger partial charge >= 0.3 is 0 Å². The Morgan fingerprint density at radius 2 is 1.06 bits per heavy atom. The highest BCUT2D eigenvalue weighted by Gasteiger charge is 2.51. The van der Waals surface area contributed by atoms with Crippen LogP contribution in [-0.4, -0.2) is 0 Å². The van der Waals surface area contributed by atoms with Gasteiger partial charge in [-0.05, 0) is 57.0 Å². The number of hydrogen-bond donors (Lipinski definition) is 0. The summed E-state index contributed by atoms with van der Waals surface area (Å²) in [5.74, 6) is 0. The molecule has 0 N–H and O–H groups in total. The number of benzene rings is 4. The Labute approximate surface area is 202 Å². The summed E-state index contributed by atoms with van der Waals surface area (Å²) in [5.41, 5.74) is 11.0. The van der Waals surface area contributed by atoms with Crippen LogP contribution >= 0.6 is 0 Å². The van der Waals surface area contributed by atoms with Crippen LogP contribution in [0.15, 0.2) is 121 Å². The minimum atomic E-state index is -0.356. The van der Waals surface area contributed by atoms with Gasteiger partial charge in [0.25, 0.3) is 0 Å². The van der Waals surface area contributed by atoms with Crippen molar-refractivity contribution in [3.05, 3.63) is 144 Å². The molecule has 0 unspecified atom stereocenters. The minimum Gasteiger partial charge on any atom is -0.310 e. The standard InChI is InChI=1S/C33H29N/c1-23(21-22-32(2,3)4)34-30-19-11-9-17-28(30)33(29-18-10-12-20-31(29)34)26-15-7-5-13-24(26)25-14-6-8-16-27(25)33/h5-22H,1H2,2-4H3/b22-21-. The molecule has 1 aliphatic heterocycles. The van der Waals surface area contributed by atoms with E-state index in [1.807, 2.05) is 0 Å². The van der Waals surface area contributed by atoms with Crippen molar-refractivity contribution in [3.63, 3.8) is 0 Å². The van der Waals surface area contributed by atoms with E-state index in [9.17, 15) is 0 Å². The minimum absolute atomic E-state index is 0.0856. The van der Waals surface area contributed by atoms with Crippen LogP contribution in [0.4, 0.5) is 11.4 Å². The van der Waals surface area contributed by atoms with Gasteiger partial charge in [0.1, 0.15) is 0 Å². The van der Waals surface area contributed by atoms with E-state index in [0.717, 1.165) is 5.70 Å². The van der Waals surface area contributed by atoms with E-state index in [1.165, 1.54) is 44.8 Å². The lowest BCUT2D eigenvalue weighted by molar-refractivity contribution is 0.544. The van der Waals surface area contributed by atoms with Crippen molar-refractivity contribution < 1.29 is 0 Å². The normalized spacial score (nSPS) is 15.1. The molecule has 1 nitrogen and oxygen atoms in total. The quantitative estimate of drug-likeness (QED) is 0.249. The molecule has 0 aromatic heterocycles. The van der Waals surface area contributed by atoms with Gasteiger partial charge in [-0.3, -0.25) is 0 Å². The first kappa shape index (κ1) is 20.7. The molecule has 0 saturated heterocycles. The maximum Gasteiger partial charge on any atom is 0.0754 e. The van der Waals surface area contributed by atoms with E-state index in [4.69, 9.17) is 0 Å². The molecule has 1 heterocycles. The van der Waals surface area contributed by atoms with Gasteiger partial charge in [-0.1, -0.05) is 118 Å². The Balaban J connectivity index is 1.70. The van der Waals surface area contributed by atoms with Crippen LogP contribution in [0.5, 0.6) is 0 Å². The first-order chi connectivity index (χ1) is 16.4. The second kappa shape index (κ2) is 7.33. The highest BCUT2D eigenvalue weighted by atomic mass is 15.2. The molecule has 0 radical (unpaired) electrons. The summed E-state index contributed by atoms with van der Waals surface area (Å²) in [7, 11) is 0. The zero-order chi connectivity index (χ0) is 23.5. The molecule has 0 fully saturated rings. The van der Waals surface area contributed by atoms with Crippen molar-refractivity contribution in [2.24, 2.45) is 5.41 Å². The Hall–Kier alpha value is -3.84. The van der Waals surface area contributed by atoms with E-state index < -0.39 is 0 Å². The van der Waals surface area contributed by atoms with Crippen LogP contribution in [0.25, 0.3) is 11.1 Å². The largest absolute Gasteiger partial charge is 0.310 e. The molecule has 0 amide bonds. The summed E-state index contributed by atoms with van der Waals surface area (Å²) in [5, 5.41) is 0. The predicted molar refractivity (Wildman–Crippen MR) is 144 cm³/mol. The molecule has 34 heavy (non-hydrogen) atoms. The Morgan fingerprint density at radius 1 is 0.647 bits per heavy atom. The zero-order valence-corrected chi connectivity index (χ0v) is 20.0. The number of fused-ring (bicyclic) bond motifs is 9. The topological polar surface area (TPSA) is 3.24 Å². The van der Waals surface area contributed by atoms with Crippen LogP contribution < -0.4 is 4.90 Å². The molecule has 2 aliphatic rings. The van der Waals surface area contributed by atoms with Gasteiger partial charge in [0.2, 0.25) is 0 Å². The van der Waals surface area contributed by atoms with Crippen molar-refractivity contribution in [1.29, 1.82) is 0 Å². The number of rotatable bonds is 2. The van der Waals surface area contributed by atoms with Crippen molar-refractivity contribution in [3.8, 4) is 11.1 Å². The third-order valence-electron chi connectivity index (χ3n) is 7.11. The van der Waals surface area contributed by atoms with Crippen molar-refractivity contribution >= 4 is 11.4 Å². The average Bonchev–Trinajstić information content (AvgIpc) is 3.14. The maximum absolute atomic E-state index is 4.52. The highest BCUT2D eigenvalue weighted by Crippen LogP contribution is 2.62. The number of nitrogens with zero attached hydrogens (tertiary/aromatic N) is 1. The van der Waals surface area contributed by atoms with E-state index in [2.05, 4.69) is 141 Å². The van der Waals surface area contributed by atoms with Gasteiger partial charge in [0, 0.05) is 5.70 Å². The monoisotopic (exact) mass is 439 g/mol. The summed E-state index contributed by atoms with van der Waals surface area (Å²) in [6.45, 7) is 11.2. The molecule has 0 saturated carbocycles. The number of allylic oxidation sites excluding steroid dienone is 2. The second-order valence-electron chi connectivity index (χ2n) is 10.4. The molecule has 4 aromatic carbocycles. The number of anilines is 2. The van der Waals surface area contributed by atoms with Gasteiger partial charge in [-0.25, -0.2) is 0 Å². The Morgan fingerprint density at radius 3 is 1.53 bits per heavy atom. The maximum atomic E-state index is 4.52. The highest BCUT2D eigenvalue weighted by molar-refractivity contribution is 5.94. The van der Waals surface area contributed by atoms with Crippen LogP contribution in [-0.2, 0) is 5.41 Å². The molecule has 4 aromatic rings. The van der Waals surface area contributed by atoms with Crippen molar-refractivity contribution in [2.75, 3.05) is 4.90 Å². The van der Waals surface area contributed by atoms with Crippen LogP contribution in [0.3, 0.4) is 0 Å². The van der Waals surface area contributed by atoms with E-state index in [0.29, 0.717) is 0 Å². The van der Waals surface area contributed by atoms with Crippen LogP contribution in [0, 0.1) is 5.41 Å². The summed E-state index contributed by atoms with van der Waals surface area (Å²) in [6, 6.07) is 35.5. The van der Waals surface area contributed by atoms with Gasteiger partial charge in [-0.15, -0.1) is 0 Å². The number of hydrogen-bond acceptors (Lipinski definition) is 1. The lowest BCUT2D eigenvalue weighted by Gasteiger charge is -2.45. The molecule has 166 valence electrons. The Bertz CT molecular complexity index is 1370. The van der Waals surface area contributed by atoms with Gasteiger partial charge in [-0.2, -0.15) is 0 Å². The summed E-state index contributed by atoms with van der Waals surface area (Å²) in [4.78, 5) is 2.34. The second-order valence-corrected chi connectivity index (χ2v) is 10.4. The lowest BCUT2D eigenvalue weighted by atomic mass is 9.64. The third kappa shape index (κ3) is 2.80. The summed E-state index contributed by atoms with van der Waals surface area (Å²) < 4.78 is 0. The SMILES string of the molecule is C=C(/C=C\C(C)(C)C)N1c2ccccc2C2(c3ccccc3-c3ccccc32)c2ccccc21. The smallest absolute Gasteiger partial charge is 0.0754 e. The van der Waals surface area contributed by atoms with Crippen LogP contribution in [0.2, 0.25) is 0 Å². The van der Waals surface area contributed by atoms with Gasteiger partial charge in [0.15, 0.2) is 0 Å². The average molecular weight is 440 g/mol. The molecular formula is C33H29N. The fourth-order valence-corrected chi connectivity index (χ4v) is 5.79. The molecule has 1 heteroatoms. The molecule has 6 rings (SSSR count). The summed E-state index contributed by atoms with van der Waals surface area (Å²) in [6.07, 6.45) is 4.41.